The van der Waals surface area contributed by atoms with Gasteiger partial charge in [-0.1, -0.05) is 0 Å². The van der Waals surface area contributed by atoms with Gasteiger partial charge in [-0.2, -0.15) is 8.75 Å². The van der Waals surface area contributed by atoms with Gasteiger partial charge < -0.3 is 14.5 Å². The number of carbonyl (C=O) groups is 1. The minimum Gasteiger partial charge on any atom is -0.377 e. The SMILES string of the molecule is CN(C)CC1COCCN1C(=O)c1ccc2nsnc2c1. The summed E-state index contributed by atoms with van der Waals surface area (Å²) >= 11 is 1.17. The summed E-state index contributed by atoms with van der Waals surface area (Å²) in [5.41, 5.74) is 2.28. The molecule has 0 aliphatic carbocycles. The Kier molecular flexibility index (Phi) is 4.14. The third-order valence-corrected chi connectivity index (χ3v) is 4.12. The molecule has 1 unspecified atom stereocenters. The van der Waals surface area contributed by atoms with E-state index in [4.69, 9.17) is 4.74 Å². The molecule has 1 fully saturated rings. The minimum atomic E-state index is 0.0417. The van der Waals surface area contributed by atoms with Gasteiger partial charge in [0.2, 0.25) is 0 Å². The molecule has 6 nitrogen and oxygen atoms in total. The van der Waals surface area contributed by atoms with Crippen molar-refractivity contribution in [2.75, 3.05) is 40.4 Å². The van der Waals surface area contributed by atoms with E-state index in [0.717, 1.165) is 17.6 Å². The lowest BCUT2D eigenvalue weighted by atomic mass is 10.1. The van der Waals surface area contributed by atoms with Crippen molar-refractivity contribution in [1.82, 2.24) is 18.5 Å². The number of carbonyl (C=O) groups excluding carboxylic acids is 1. The summed E-state index contributed by atoms with van der Waals surface area (Å²) in [6.07, 6.45) is 0. The van der Waals surface area contributed by atoms with Crippen LogP contribution < -0.4 is 0 Å². The Morgan fingerprint density at radius 3 is 3.05 bits per heavy atom. The Morgan fingerprint density at radius 2 is 2.24 bits per heavy atom. The number of ether oxygens (including phenoxy) is 1. The Balaban J connectivity index is 1.84. The molecule has 0 saturated carbocycles. The zero-order valence-corrected chi connectivity index (χ0v) is 13.0. The maximum absolute atomic E-state index is 12.8. The van der Waals surface area contributed by atoms with Crippen LogP contribution in [0.1, 0.15) is 10.4 Å². The Morgan fingerprint density at radius 1 is 1.43 bits per heavy atom. The first-order valence-electron chi connectivity index (χ1n) is 6.91. The first-order valence-corrected chi connectivity index (χ1v) is 7.64. The molecule has 112 valence electrons. The van der Waals surface area contributed by atoms with Crippen molar-refractivity contribution in [2.24, 2.45) is 0 Å². The number of amides is 1. The standard InChI is InChI=1S/C14H18N4O2S/c1-17(2)8-11-9-20-6-5-18(11)14(19)10-3-4-12-13(7-10)16-21-15-12/h3-4,7,11H,5-6,8-9H2,1-2H3. The quantitative estimate of drug-likeness (QED) is 0.850. The van der Waals surface area contributed by atoms with Crippen LogP contribution in [0.25, 0.3) is 11.0 Å². The number of hydrogen-bond donors (Lipinski definition) is 0. The number of likely N-dealkylation sites (N-methyl/N-ethyl adjacent to an activating group) is 1. The Hall–Kier alpha value is -1.57. The van der Waals surface area contributed by atoms with Crippen LogP contribution in [0.5, 0.6) is 0 Å². The van der Waals surface area contributed by atoms with Crippen molar-refractivity contribution in [3.05, 3.63) is 23.8 Å². The summed E-state index contributed by atoms with van der Waals surface area (Å²) in [5, 5.41) is 0. The number of benzene rings is 1. The molecule has 0 spiro atoms. The molecule has 0 radical (unpaired) electrons. The van der Waals surface area contributed by atoms with E-state index in [1.54, 1.807) is 0 Å². The first-order chi connectivity index (χ1) is 10.1. The van der Waals surface area contributed by atoms with E-state index in [1.807, 2.05) is 37.2 Å². The number of fused-ring (bicyclic) bond motifs is 1. The third kappa shape index (κ3) is 3.04. The molecule has 21 heavy (non-hydrogen) atoms. The molecule has 1 aromatic heterocycles. The van der Waals surface area contributed by atoms with Crippen molar-refractivity contribution in [1.29, 1.82) is 0 Å². The number of nitrogens with zero attached hydrogens (tertiary/aromatic N) is 4. The van der Waals surface area contributed by atoms with Gasteiger partial charge in [0, 0.05) is 18.7 Å². The maximum Gasteiger partial charge on any atom is 0.254 e. The molecule has 1 saturated heterocycles. The second-order valence-corrected chi connectivity index (χ2v) is 5.99. The van der Waals surface area contributed by atoms with Crippen molar-refractivity contribution in [2.45, 2.75) is 6.04 Å². The fraction of sp³-hybridized carbons (Fsp3) is 0.500. The zero-order valence-electron chi connectivity index (χ0n) is 12.2. The largest absolute Gasteiger partial charge is 0.377 e. The van der Waals surface area contributed by atoms with Gasteiger partial charge in [-0.25, -0.2) is 0 Å². The molecule has 2 aromatic rings. The summed E-state index contributed by atoms with van der Waals surface area (Å²) in [5.74, 6) is 0.0417. The van der Waals surface area contributed by atoms with Crippen LogP contribution in [0.3, 0.4) is 0 Å². The first kappa shape index (κ1) is 14.4. The van der Waals surface area contributed by atoms with Gasteiger partial charge in [0.05, 0.1) is 31.0 Å². The molecule has 1 amide bonds. The predicted octanol–water partition coefficient (Wildman–Crippen LogP) is 1.09. The highest BCUT2D eigenvalue weighted by Gasteiger charge is 2.28. The van der Waals surface area contributed by atoms with Gasteiger partial charge in [-0.05, 0) is 32.3 Å². The second-order valence-electron chi connectivity index (χ2n) is 5.46. The summed E-state index contributed by atoms with van der Waals surface area (Å²) < 4.78 is 13.9. The number of rotatable bonds is 3. The lowest BCUT2D eigenvalue weighted by Gasteiger charge is -2.37. The zero-order chi connectivity index (χ0) is 14.8. The van der Waals surface area contributed by atoms with Gasteiger partial charge >= 0.3 is 0 Å². The van der Waals surface area contributed by atoms with Crippen LogP contribution in [-0.2, 0) is 4.74 Å². The van der Waals surface area contributed by atoms with Crippen LogP contribution in [-0.4, -0.2) is 70.9 Å². The maximum atomic E-state index is 12.8. The fourth-order valence-electron chi connectivity index (χ4n) is 2.58. The van der Waals surface area contributed by atoms with Crippen LogP contribution in [0.4, 0.5) is 0 Å². The highest BCUT2D eigenvalue weighted by Crippen LogP contribution is 2.18. The van der Waals surface area contributed by atoms with Gasteiger partial charge in [-0.3, -0.25) is 4.79 Å². The molecule has 3 rings (SSSR count). The number of morpholine rings is 1. The van der Waals surface area contributed by atoms with E-state index < -0.39 is 0 Å². The molecule has 7 heteroatoms. The predicted molar refractivity (Wildman–Crippen MR) is 81.6 cm³/mol. The van der Waals surface area contributed by atoms with E-state index in [0.29, 0.717) is 25.3 Å². The normalized spacial score (nSPS) is 19.4. The lowest BCUT2D eigenvalue weighted by molar-refractivity contribution is -0.00829. The van der Waals surface area contributed by atoms with Gasteiger partial charge in [0.15, 0.2) is 0 Å². The molecular formula is C14H18N4O2S. The van der Waals surface area contributed by atoms with Crippen molar-refractivity contribution >= 4 is 28.7 Å². The molecule has 1 atom stereocenters. The van der Waals surface area contributed by atoms with E-state index in [1.165, 1.54) is 11.7 Å². The second kappa shape index (κ2) is 6.05. The van der Waals surface area contributed by atoms with E-state index in [9.17, 15) is 4.79 Å². The topological polar surface area (TPSA) is 58.6 Å². The fourth-order valence-corrected chi connectivity index (χ4v) is 3.09. The molecule has 0 bridgehead atoms. The van der Waals surface area contributed by atoms with E-state index >= 15 is 0 Å². The van der Waals surface area contributed by atoms with E-state index in [2.05, 4.69) is 13.6 Å². The van der Waals surface area contributed by atoms with Crippen molar-refractivity contribution < 1.29 is 9.53 Å². The van der Waals surface area contributed by atoms with Crippen LogP contribution in [0.2, 0.25) is 0 Å². The Labute approximate surface area is 127 Å². The highest BCUT2D eigenvalue weighted by molar-refractivity contribution is 7.00. The minimum absolute atomic E-state index is 0.0417. The summed E-state index contributed by atoms with van der Waals surface area (Å²) in [7, 11) is 4.01. The monoisotopic (exact) mass is 306 g/mol. The molecular weight excluding hydrogens is 288 g/mol. The third-order valence-electron chi connectivity index (χ3n) is 3.57. The van der Waals surface area contributed by atoms with Crippen LogP contribution in [0, 0.1) is 0 Å². The van der Waals surface area contributed by atoms with Crippen LogP contribution >= 0.6 is 11.7 Å². The molecule has 0 N–H and O–H groups in total. The smallest absolute Gasteiger partial charge is 0.254 e. The van der Waals surface area contributed by atoms with Crippen molar-refractivity contribution in [3.63, 3.8) is 0 Å². The molecule has 1 aliphatic rings. The van der Waals surface area contributed by atoms with E-state index in [-0.39, 0.29) is 11.9 Å². The average molecular weight is 306 g/mol. The van der Waals surface area contributed by atoms with Gasteiger partial charge in [0.1, 0.15) is 11.0 Å². The number of hydrogen-bond acceptors (Lipinski definition) is 6. The van der Waals surface area contributed by atoms with Gasteiger partial charge in [-0.15, -0.1) is 0 Å². The van der Waals surface area contributed by atoms with Gasteiger partial charge in [0.25, 0.3) is 5.91 Å². The molecule has 1 aliphatic heterocycles. The Bertz CT molecular complexity index is 643. The average Bonchev–Trinajstić information content (AvgIpc) is 2.94. The highest BCUT2D eigenvalue weighted by atomic mass is 32.1. The number of aromatic nitrogens is 2. The summed E-state index contributed by atoms with van der Waals surface area (Å²) in [6.45, 7) is 2.61. The van der Waals surface area contributed by atoms with Crippen LogP contribution in [0.15, 0.2) is 18.2 Å². The lowest BCUT2D eigenvalue weighted by Crippen LogP contribution is -2.52. The summed E-state index contributed by atoms with van der Waals surface area (Å²) in [4.78, 5) is 16.7. The molecule has 1 aromatic carbocycles. The molecule has 2 heterocycles. The van der Waals surface area contributed by atoms with Crippen molar-refractivity contribution in [3.8, 4) is 0 Å². The summed E-state index contributed by atoms with van der Waals surface area (Å²) in [6, 6.07) is 5.59.